The molecule has 0 aliphatic carbocycles. The topological polar surface area (TPSA) is 48.3 Å². The number of hydrogen-bond donors (Lipinski definition) is 1. The number of aromatic nitrogens is 2. The second-order valence-corrected chi connectivity index (χ2v) is 4.41. The maximum atomic E-state index is 5.69. The molecule has 108 valence electrons. The molecule has 0 amide bonds. The standard InChI is InChI=1S/C15H21N3O2/c1-19-9-7-16-11-14-12-17-13-18(14)8-10-20-15-5-3-2-4-6-15/h2-6,12-13,16H,7-11H2,1H3. The highest BCUT2D eigenvalue weighted by atomic mass is 16.5. The van der Waals surface area contributed by atoms with Crippen LogP contribution < -0.4 is 10.1 Å². The molecule has 5 nitrogen and oxygen atoms in total. The first-order chi connectivity index (χ1) is 9.90. The number of para-hydroxylation sites is 1. The predicted octanol–water partition coefficient (Wildman–Crippen LogP) is 1.70. The van der Waals surface area contributed by atoms with Gasteiger partial charge in [-0.05, 0) is 12.1 Å². The van der Waals surface area contributed by atoms with Crippen molar-refractivity contribution in [2.24, 2.45) is 0 Å². The van der Waals surface area contributed by atoms with Crippen LogP contribution in [0.25, 0.3) is 0 Å². The lowest BCUT2D eigenvalue weighted by Gasteiger charge is -2.10. The van der Waals surface area contributed by atoms with Crippen molar-refractivity contribution in [2.75, 3.05) is 26.9 Å². The van der Waals surface area contributed by atoms with Crippen molar-refractivity contribution in [1.82, 2.24) is 14.9 Å². The van der Waals surface area contributed by atoms with Gasteiger partial charge in [0.25, 0.3) is 0 Å². The highest BCUT2D eigenvalue weighted by Gasteiger charge is 2.02. The Labute approximate surface area is 119 Å². The van der Waals surface area contributed by atoms with Gasteiger partial charge >= 0.3 is 0 Å². The van der Waals surface area contributed by atoms with Gasteiger partial charge in [-0.15, -0.1) is 0 Å². The summed E-state index contributed by atoms with van der Waals surface area (Å²) in [6.07, 6.45) is 3.71. The molecule has 0 unspecified atom stereocenters. The van der Waals surface area contributed by atoms with Crippen LogP contribution in [0.4, 0.5) is 0 Å². The molecule has 0 bridgehead atoms. The van der Waals surface area contributed by atoms with Crippen LogP contribution in [0.1, 0.15) is 5.69 Å². The zero-order valence-corrected chi connectivity index (χ0v) is 11.8. The molecule has 0 fully saturated rings. The second-order valence-electron chi connectivity index (χ2n) is 4.41. The molecule has 2 aromatic rings. The summed E-state index contributed by atoms with van der Waals surface area (Å²) in [7, 11) is 1.70. The number of rotatable bonds is 9. The van der Waals surface area contributed by atoms with E-state index in [-0.39, 0.29) is 0 Å². The molecule has 0 aliphatic heterocycles. The lowest BCUT2D eigenvalue weighted by molar-refractivity contribution is 0.199. The summed E-state index contributed by atoms with van der Waals surface area (Å²) in [4.78, 5) is 4.18. The van der Waals surface area contributed by atoms with Crippen molar-refractivity contribution >= 4 is 0 Å². The van der Waals surface area contributed by atoms with Gasteiger partial charge in [-0.1, -0.05) is 18.2 Å². The lowest BCUT2D eigenvalue weighted by Crippen LogP contribution is -2.21. The maximum Gasteiger partial charge on any atom is 0.119 e. The summed E-state index contributed by atoms with van der Waals surface area (Å²) >= 11 is 0. The summed E-state index contributed by atoms with van der Waals surface area (Å²) in [6.45, 7) is 3.75. The van der Waals surface area contributed by atoms with E-state index >= 15 is 0 Å². The molecule has 2 rings (SSSR count). The Hall–Kier alpha value is -1.85. The molecule has 0 atom stereocenters. The van der Waals surface area contributed by atoms with Crippen LogP contribution in [0.15, 0.2) is 42.9 Å². The SMILES string of the molecule is COCCNCc1cncn1CCOc1ccccc1. The maximum absolute atomic E-state index is 5.69. The van der Waals surface area contributed by atoms with Gasteiger partial charge in [0.2, 0.25) is 0 Å². The molecular formula is C15H21N3O2. The van der Waals surface area contributed by atoms with Gasteiger partial charge < -0.3 is 19.4 Å². The van der Waals surface area contributed by atoms with Crippen molar-refractivity contribution in [3.63, 3.8) is 0 Å². The fraction of sp³-hybridized carbons (Fsp3) is 0.400. The Balaban J connectivity index is 1.74. The number of benzene rings is 1. The van der Waals surface area contributed by atoms with E-state index in [1.807, 2.05) is 42.9 Å². The van der Waals surface area contributed by atoms with E-state index < -0.39 is 0 Å². The molecule has 0 aliphatic rings. The minimum absolute atomic E-state index is 0.630. The molecule has 0 saturated carbocycles. The highest BCUT2D eigenvalue weighted by Crippen LogP contribution is 2.08. The Morgan fingerprint density at radius 1 is 1.20 bits per heavy atom. The van der Waals surface area contributed by atoms with Crippen LogP contribution in [0.3, 0.4) is 0 Å². The Bertz CT molecular complexity index is 485. The van der Waals surface area contributed by atoms with E-state index in [0.29, 0.717) is 13.2 Å². The monoisotopic (exact) mass is 275 g/mol. The van der Waals surface area contributed by atoms with Gasteiger partial charge in [0.15, 0.2) is 0 Å². The first kappa shape index (κ1) is 14.6. The highest BCUT2D eigenvalue weighted by molar-refractivity contribution is 5.20. The van der Waals surface area contributed by atoms with Crippen LogP contribution in [0.5, 0.6) is 5.75 Å². The summed E-state index contributed by atoms with van der Waals surface area (Å²) in [5.41, 5.74) is 1.15. The van der Waals surface area contributed by atoms with E-state index in [0.717, 1.165) is 31.1 Å². The normalized spacial score (nSPS) is 10.7. The van der Waals surface area contributed by atoms with Gasteiger partial charge in [0.1, 0.15) is 12.4 Å². The van der Waals surface area contributed by atoms with Crippen LogP contribution >= 0.6 is 0 Å². The lowest BCUT2D eigenvalue weighted by atomic mass is 10.3. The smallest absolute Gasteiger partial charge is 0.119 e. The second kappa shape index (κ2) is 8.35. The van der Waals surface area contributed by atoms with Gasteiger partial charge in [-0.3, -0.25) is 0 Å². The predicted molar refractivity (Wildman–Crippen MR) is 77.7 cm³/mol. The van der Waals surface area contributed by atoms with Gasteiger partial charge in [0, 0.05) is 26.4 Å². The summed E-state index contributed by atoms with van der Waals surface area (Å²) in [5, 5.41) is 3.31. The van der Waals surface area contributed by atoms with E-state index in [4.69, 9.17) is 9.47 Å². The van der Waals surface area contributed by atoms with Gasteiger partial charge in [-0.25, -0.2) is 4.98 Å². The third-order valence-corrected chi connectivity index (χ3v) is 2.93. The summed E-state index contributed by atoms with van der Waals surface area (Å²) in [5.74, 6) is 0.896. The number of methoxy groups -OCH3 is 1. The molecule has 1 aromatic carbocycles. The van der Waals surface area contributed by atoms with Crippen LogP contribution in [0.2, 0.25) is 0 Å². The molecule has 5 heteroatoms. The van der Waals surface area contributed by atoms with Crippen LogP contribution in [0, 0.1) is 0 Å². The van der Waals surface area contributed by atoms with Gasteiger partial charge in [0.05, 0.1) is 25.2 Å². The molecule has 0 radical (unpaired) electrons. The van der Waals surface area contributed by atoms with E-state index in [1.165, 1.54) is 0 Å². The number of ether oxygens (including phenoxy) is 2. The van der Waals surface area contributed by atoms with E-state index in [9.17, 15) is 0 Å². The molecule has 1 aromatic heterocycles. The van der Waals surface area contributed by atoms with Crippen LogP contribution in [-0.2, 0) is 17.8 Å². The van der Waals surface area contributed by atoms with Gasteiger partial charge in [-0.2, -0.15) is 0 Å². The number of nitrogens with zero attached hydrogens (tertiary/aromatic N) is 2. The Morgan fingerprint density at radius 3 is 2.85 bits per heavy atom. The zero-order valence-electron chi connectivity index (χ0n) is 11.8. The number of hydrogen-bond acceptors (Lipinski definition) is 4. The van der Waals surface area contributed by atoms with E-state index in [1.54, 1.807) is 7.11 Å². The fourth-order valence-electron chi connectivity index (χ4n) is 1.87. The molecule has 20 heavy (non-hydrogen) atoms. The molecular weight excluding hydrogens is 254 g/mol. The Kier molecular flexibility index (Phi) is 6.07. The molecule has 0 saturated heterocycles. The number of nitrogens with one attached hydrogen (secondary N) is 1. The zero-order chi connectivity index (χ0) is 14.0. The third kappa shape index (κ3) is 4.68. The first-order valence-corrected chi connectivity index (χ1v) is 6.76. The molecule has 1 heterocycles. The fourth-order valence-corrected chi connectivity index (χ4v) is 1.87. The average Bonchev–Trinajstić information content (AvgIpc) is 2.92. The largest absolute Gasteiger partial charge is 0.492 e. The Morgan fingerprint density at radius 2 is 2.05 bits per heavy atom. The van der Waals surface area contributed by atoms with Crippen molar-refractivity contribution in [1.29, 1.82) is 0 Å². The minimum atomic E-state index is 0.630. The first-order valence-electron chi connectivity index (χ1n) is 6.76. The van der Waals surface area contributed by atoms with Crippen molar-refractivity contribution < 1.29 is 9.47 Å². The number of imidazole rings is 1. The van der Waals surface area contributed by atoms with Crippen molar-refractivity contribution in [2.45, 2.75) is 13.1 Å². The van der Waals surface area contributed by atoms with Crippen molar-refractivity contribution in [3.8, 4) is 5.75 Å². The van der Waals surface area contributed by atoms with Crippen molar-refractivity contribution in [3.05, 3.63) is 48.5 Å². The average molecular weight is 275 g/mol. The quantitative estimate of drug-likeness (QED) is 0.708. The van der Waals surface area contributed by atoms with Crippen LogP contribution in [-0.4, -0.2) is 36.4 Å². The molecule has 0 spiro atoms. The summed E-state index contributed by atoms with van der Waals surface area (Å²) in [6, 6.07) is 9.84. The summed E-state index contributed by atoms with van der Waals surface area (Å²) < 4.78 is 12.8. The third-order valence-electron chi connectivity index (χ3n) is 2.93. The molecule has 1 N–H and O–H groups in total. The van der Waals surface area contributed by atoms with E-state index in [2.05, 4.69) is 14.9 Å². The minimum Gasteiger partial charge on any atom is -0.492 e.